The Hall–Kier alpha value is -3.28. The molecular formula is C24H24N2O4. The number of hydrogen-bond donors (Lipinski definition) is 1. The summed E-state index contributed by atoms with van der Waals surface area (Å²) in [4.78, 5) is 27.6. The average molecular weight is 404 g/mol. The first-order valence-corrected chi connectivity index (χ1v) is 10.5. The van der Waals surface area contributed by atoms with Crippen LogP contribution in [0.4, 0.5) is 11.4 Å². The molecule has 1 aromatic heterocycles. The molecule has 1 saturated carbocycles. The van der Waals surface area contributed by atoms with E-state index in [2.05, 4.69) is 5.32 Å². The van der Waals surface area contributed by atoms with E-state index in [9.17, 15) is 9.59 Å². The Morgan fingerprint density at radius 2 is 1.97 bits per heavy atom. The van der Waals surface area contributed by atoms with Crippen molar-refractivity contribution in [2.45, 2.75) is 32.1 Å². The predicted molar refractivity (Wildman–Crippen MR) is 115 cm³/mol. The molecule has 0 radical (unpaired) electrons. The molecular weight excluding hydrogens is 380 g/mol. The molecule has 0 bridgehead atoms. The largest absolute Gasteiger partial charge is 0.493 e. The third kappa shape index (κ3) is 3.22. The third-order valence-electron chi connectivity index (χ3n) is 6.16. The van der Waals surface area contributed by atoms with Gasteiger partial charge in [-0.05, 0) is 49.1 Å². The van der Waals surface area contributed by atoms with Crippen LogP contribution in [0.25, 0.3) is 11.0 Å². The molecule has 6 heteroatoms. The van der Waals surface area contributed by atoms with Crippen LogP contribution < -0.4 is 15.0 Å². The second-order valence-electron chi connectivity index (χ2n) is 8.01. The fraction of sp³-hybridized carbons (Fsp3) is 0.333. The topological polar surface area (TPSA) is 71.8 Å². The summed E-state index contributed by atoms with van der Waals surface area (Å²) in [5, 5.41) is 3.71. The van der Waals surface area contributed by atoms with Gasteiger partial charge in [0.1, 0.15) is 0 Å². The molecule has 1 aliphatic carbocycles. The van der Waals surface area contributed by atoms with Crippen LogP contribution in [0, 0.1) is 5.92 Å². The number of rotatable bonds is 4. The molecule has 2 aliphatic rings. The Morgan fingerprint density at radius 1 is 1.13 bits per heavy atom. The Bertz CT molecular complexity index is 1130. The quantitative estimate of drug-likeness (QED) is 0.680. The van der Waals surface area contributed by atoms with Gasteiger partial charge in [0, 0.05) is 29.2 Å². The SMILES string of the molecule is COc1cccc2cc(C(=O)Nc3ccc4c(c3)N(C(=O)C3CCCC3)CC4)oc12. The van der Waals surface area contributed by atoms with Crippen LogP contribution in [-0.4, -0.2) is 25.5 Å². The molecule has 1 fully saturated rings. The number of ether oxygens (including phenoxy) is 1. The highest BCUT2D eigenvalue weighted by molar-refractivity contribution is 6.06. The molecule has 0 spiro atoms. The molecule has 154 valence electrons. The van der Waals surface area contributed by atoms with Crippen LogP contribution >= 0.6 is 0 Å². The smallest absolute Gasteiger partial charge is 0.291 e. The van der Waals surface area contributed by atoms with E-state index in [-0.39, 0.29) is 23.5 Å². The lowest BCUT2D eigenvalue weighted by Gasteiger charge is -2.21. The molecule has 5 rings (SSSR count). The number of carbonyl (C=O) groups is 2. The van der Waals surface area contributed by atoms with Gasteiger partial charge >= 0.3 is 0 Å². The molecule has 30 heavy (non-hydrogen) atoms. The summed E-state index contributed by atoms with van der Waals surface area (Å²) >= 11 is 0. The number of fused-ring (bicyclic) bond motifs is 2. The first kappa shape index (κ1) is 18.7. The van der Waals surface area contributed by atoms with Gasteiger partial charge in [-0.1, -0.05) is 31.0 Å². The van der Waals surface area contributed by atoms with Gasteiger partial charge in [0.05, 0.1) is 7.11 Å². The van der Waals surface area contributed by atoms with Crippen molar-refractivity contribution in [3.05, 3.63) is 53.8 Å². The summed E-state index contributed by atoms with van der Waals surface area (Å²) in [5.41, 5.74) is 3.26. The van der Waals surface area contributed by atoms with E-state index in [1.54, 1.807) is 19.2 Å². The second-order valence-corrected chi connectivity index (χ2v) is 8.01. The standard InChI is InChI=1S/C24H24N2O4/c1-29-20-8-4-7-17-13-21(30-22(17)20)23(27)25-18-10-9-15-11-12-26(19(15)14-18)24(28)16-5-2-3-6-16/h4,7-10,13-14,16H,2-3,5-6,11-12H2,1H3,(H,25,27). The van der Waals surface area contributed by atoms with Gasteiger partial charge in [0.15, 0.2) is 17.1 Å². The van der Waals surface area contributed by atoms with Crippen molar-refractivity contribution >= 4 is 34.2 Å². The Balaban J connectivity index is 1.38. The molecule has 6 nitrogen and oxygen atoms in total. The summed E-state index contributed by atoms with van der Waals surface area (Å²) in [5.74, 6) is 0.831. The molecule has 3 aromatic rings. The van der Waals surface area contributed by atoms with Crippen molar-refractivity contribution in [2.24, 2.45) is 5.92 Å². The molecule has 2 amide bonds. The van der Waals surface area contributed by atoms with Crippen LogP contribution in [0.5, 0.6) is 5.75 Å². The van der Waals surface area contributed by atoms with E-state index < -0.39 is 0 Å². The lowest BCUT2D eigenvalue weighted by Crippen LogP contribution is -2.33. The van der Waals surface area contributed by atoms with Gasteiger partial charge in [-0.15, -0.1) is 0 Å². The highest BCUT2D eigenvalue weighted by Crippen LogP contribution is 2.35. The minimum absolute atomic E-state index is 0.139. The second kappa shape index (κ2) is 7.52. The van der Waals surface area contributed by atoms with E-state index in [0.717, 1.165) is 48.7 Å². The molecule has 0 unspecified atom stereocenters. The van der Waals surface area contributed by atoms with E-state index >= 15 is 0 Å². The third-order valence-corrected chi connectivity index (χ3v) is 6.16. The zero-order chi connectivity index (χ0) is 20.7. The number of para-hydroxylation sites is 1. The lowest BCUT2D eigenvalue weighted by atomic mass is 10.1. The summed E-state index contributed by atoms with van der Waals surface area (Å²) in [6.45, 7) is 0.714. The van der Waals surface area contributed by atoms with Crippen LogP contribution in [-0.2, 0) is 11.2 Å². The van der Waals surface area contributed by atoms with Gasteiger partial charge < -0.3 is 19.4 Å². The first-order valence-electron chi connectivity index (χ1n) is 10.5. The molecule has 1 aliphatic heterocycles. The number of nitrogens with zero attached hydrogens (tertiary/aromatic N) is 1. The van der Waals surface area contributed by atoms with E-state index in [4.69, 9.17) is 9.15 Å². The highest BCUT2D eigenvalue weighted by atomic mass is 16.5. The fourth-order valence-corrected chi connectivity index (χ4v) is 4.58. The van der Waals surface area contributed by atoms with Crippen molar-refractivity contribution in [3.8, 4) is 5.75 Å². The number of nitrogens with one attached hydrogen (secondary N) is 1. The van der Waals surface area contributed by atoms with Crippen LogP contribution in [0.15, 0.2) is 46.9 Å². The summed E-state index contributed by atoms with van der Waals surface area (Å²) in [7, 11) is 1.57. The number of methoxy groups -OCH3 is 1. The van der Waals surface area contributed by atoms with E-state index in [1.807, 2.05) is 35.2 Å². The number of furan rings is 1. The Labute approximate surface area is 174 Å². The Morgan fingerprint density at radius 3 is 2.77 bits per heavy atom. The summed E-state index contributed by atoms with van der Waals surface area (Å²) in [6, 6.07) is 13.0. The van der Waals surface area contributed by atoms with Gasteiger partial charge in [0.2, 0.25) is 5.91 Å². The van der Waals surface area contributed by atoms with Gasteiger partial charge in [-0.3, -0.25) is 9.59 Å². The maximum atomic E-state index is 12.9. The number of hydrogen-bond acceptors (Lipinski definition) is 4. The van der Waals surface area contributed by atoms with Crippen molar-refractivity contribution < 1.29 is 18.7 Å². The monoisotopic (exact) mass is 404 g/mol. The normalized spacial score (nSPS) is 16.1. The zero-order valence-electron chi connectivity index (χ0n) is 16.9. The minimum atomic E-state index is -0.333. The summed E-state index contributed by atoms with van der Waals surface area (Å²) < 4.78 is 11.0. The van der Waals surface area contributed by atoms with Gasteiger partial charge in [-0.25, -0.2) is 0 Å². The number of anilines is 2. The van der Waals surface area contributed by atoms with E-state index in [1.165, 1.54) is 0 Å². The first-order chi connectivity index (χ1) is 14.6. The average Bonchev–Trinajstić information content (AvgIpc) is 3.51. The lowest BCUT2D eigenvalue weighted by molar-refractivity contribution is -0.122. The van der Waals surface area contributed by atoms with Crippen molar-refractivity contribution in [1.82, 2.24) is 0 Å². The number of carbonyl (C=O) groups excluding carboxylic acids is 2. The Kier molecular flexibility index (Phi) is 4.69. The molecule has 2 aromatic carbocycles. The van der Waals surface area contributed by atoms with E-state index in [0.29, 0.717) is 23.6 Å². The van der Waals surface area contributed by atoms with Crippen molar-refractivity contribution in [3.63, 3.8) is 0 Å². The highest BCUT2D eigenvalue weighted by Gasteiger charge is 2.32. The van der Waals surface area contributed by atoms with Crippen LogP contribution in [0.1, 0.15) is 41.8 Å². The molecule has 0 saturated heterocycles. The molecule has 0 atom stereocenters. The predicted octanol–water partition coefficient (Wildman–Crippen LogP) is 4.77. The maximum Gasteiger partial charge on any atom is 0.291 e. The number of benzene rings is 2. The minimum Gasteiger partial charge on any atom is -0.493 e. The summed E-state index contributed by atoms with van der Waals surface area (Å²) in [6.07, 6.45) is 5.09. The van der Waals surface area contributed by atoms with Crippen molar-refractivity contribution in [2.75, 3.05) is 23.9 Å². The molecule has 2 heterocycles. The maximum absolute atomic E-state index is 12.9. The van der Waals surface area contributed by atoms with Gasteiger partial charge in [-0.2, -0.15) is 0 Å². The number of amides is 2. The zero-order valence-corrected chi connectivity index (χ0v) is 16.9. The van der Waals surface area contributed by atoms with Crippen LogP contribution in [0.3, 0.4) is 0 Å². The molecule has 1 N–H and O–H groups in total. The van der Waals surface area contributed by atoms with Gasteiger partial charge in [0.25, 0.3) is 5.91 Å². The van der Waals surface area contributed by atoms with Crippen LogP contribution in [0.2, 0.25) is 0 Å². The van der Waals surface area contributed by atoms with Crippen molar-refractivity contribution in [1.29, 1.82) is 0 Å². The fourth-order valence-electron chi connectivity index (χ4n) is 4.58.